The van der Waals surface area contributed by atoms with Crippen LogP contribution in [0.2, 0.25) is 0 Å². The lowest BCUT2D eigenvalue weighted by Gasteiger charge is -2.26. The first-order valence-electron chi connectivity index (χ1n) is 9.65. The molecule has 0 amide bonds. The zero-order valence-corrected chi connectivity index (χ0v) is 18.0. The van der Waals surface area contributed by atoms with Gasteiger partial charge in [0.25, 0.3) is 0 Å². The van der Waals surface area contributed by atoms with E-state index in [-0.39, 0.29) is 30.3 Å². The molecule has 1 aromatic rings. The Balaban J connectivity index is 2.05. The number of benzene rings is 1. The number of carbonyl (C=O) groups excluding carboxylic acids is 2. The number of hydrogen-bond donors (Lipinski definition) is 0. The third-order valence-corrected chi connectivity index (χ3v) is 6.20. The highest BCUT2D eigenvalue weighted by atomic mass is 32.2. The van der Waals surface area contributed by atoms with Crippen LogP contribution >= 0.6 is 0 Å². The first kappa shape index (κ1) is 23.8. The molecule has 0 unspecified atom stereocenters. The van der Waals surface area contributed by atoms with Gasteiger partial charge in [-0.1, -0.05) is 19.4 Å². The number of nitrogens with zero attached hydrogens (tertiary/aromatic N) is 1. The normalized spacial score (nSPS) is 15.1. The highest BCUT2D eigenvalue weighted by Gasteiger charge is 2.29. The highest BCUT2D eigenvalue weighted by molar-refractivity contribution is 7.89. The number of methoxy groups -OCH3 is 1. The smallest absolute Gasteiger partial charge is 0.344 e. The molecule has 9 nitrogen and oxygen atoms in total. The number of ether oxygens (including phenoxy) is 4. The van der Waals surface area contributed by atoms with Gasteiger partial charge in [-0.3, -0.25) is 0 Å². The third kappa shape index (κ3) is 6.82. The summed E-state index contributed by atoms with van der Waals surface area (Å²) in [5, 5.41) is 0. The van der Waals surface area contributed by atoms with Gasteiger partial charge in [0.15, 0.2) is 6.61 Å². The summed E-state index contributed by atoms with van der Waals surface area (Å²) in [5.74, 6) is -1.15. The highest BCUT2D eigenvalue weighted by Crippen LogP contribution is 2.28. The molecule has 1 saturated heterocycles. The zero-order chi connectivity index (χ0) is 22.0. The van der Waals surface area contributed by atoms with E-state index in [1.54, 1.807) is 6.07 Å². The summed E-state index contributed by atoms with van der Waals surface area (Å²) in [5.41, 5.74) is 0.463. The van der Waals surface area contributed by atoms with Gasteiger partial charge < -0.3 is 18.9 Å². The Labute approximate surface area is 176 Å². The van der Waals surface area contributed by atoms with Crippen LogP contribution in [-0.4, -0.2) is 71.3 Å². The van der Waals surface area contributed by atoms with Crippen molar-refractivity contribution in [2.45, 2.75) is 24.7 Å². The number of unbranched alkanes of at least 4 members (excludes halogenated alkanes) is 1. The lowest BCUT2D eigenvalue weighted by molar-refractivity contribution is -0.156. The minimum absolute atomic E-state index is 0.00178. The summed E-state index contributed by atoms with van der Waals surface area (Å²) in [6, 6.07) is 4.55. The summed E-state index contributed by atoms with van der Waals surface area (Å²) in [4.78, 5) is 23.3. The molecule has 166 valence electrons. The van der Waals surface area contributed by atoms with Crippen LogP contribution in [0.3, 0.4) is 0 Å². The van der Waals surface area contributed by atoms with E-state index < -0.39 is 28.6 Å². The predicted molar refractivity (Wildman–Crippen MR) is 108 cm³/mol. The Kier molecular flexibility index (Phi) is 9.28. The van der Waals surface area contributed by atoms with E-state index in [0.717, 1.165) is 18.9 Å². The maximum absolute atomic E-state index is 13.0. The number of esters is 2. The molecule has 1 aliphatic rings. The van der Waals surface area contributed by atoms with Crippen LogP contribution < -0.4 is 4.74 Å². The van der Waals surface area contributed by atoms with E-state index in [0.29, 0.717) is 18.8 Å². The fraction of sp³-hybridized carbons (Fsp3) is 0.500. The van der Waals surface area contributed by atoms with Crippen molar-refractivity contribution in [3.8, 4) is 5.75 Å². The standard InChI is InChI=1S/C20H27NO8S/c1-3-4-11-28-20(23)15-29-19(22)8-6-16-5-7-17(26-2)18(14-16)30(24,25)21-9-12-27-13-10-21/h5-8,14H,3-4,9-13,15H2,1-2H3/b8-6+. The van der Waals surface area contributed by atoms with Crippen LogP contribution in [0.1, 0.15) is 25.3 Å². The fourth-order valence-electron chi connectivity index (χ4n) is 2.64. The van der Waals surface area contributed by atoms with E-state index in [1.165, 1.54) is 29.6 Å². The van der Waals surface area contributed by atoms with Gasteiger partial charge in [-0.15, -0.1) is 0 Å². The van der Waals surface area contributed by atoms with Crippen LogP contribution in [-0.2, 0) is 33.8 Å². The number of hydrogen-bond acceptors (Lipinski definition) is 8. The van der Waals surface area contributed by atoms with Crippen LogP contribution in [0.5, 0.6) is 5.75 Å². The van der Waals surface area contributed by atoms with Crippen molar-refractivity contribution in [2.24, 2.45) is 0 Å². The molecule has 0 N–H and O–H groups in total. The minimum Gasteiger partial charge on any atom is -0.495 e. The second-order valence-electron chi connectivity index (χ2n) is 6.44. The van der Waals surface area contributed by atoms with E-state index >= 15 is 0 Å². The van der Waals surface area contributed by atoms with Crippen LogP contribution in [0.4, 0.5) is 0 Å². The molecule has 0 bridgehead atoms. The first-order valence-corrected chi connectivity index (χ1v) is 11.1. The minimum atomic E-state index is -3.78. The van der Waals surface area contributed by atoms with Gasteiger partial charge >= 0.3 is 11.9 Å². The maximum Gasteiger partial charge on any atom is 0.344 e. The molecule has 0 aromatic heterocycles. The average Bonchev–Trinajstić information content (AvgIpc) is 2.76. The number of morpholine rings is 1. The van der Waals surface area contributed by atoms with Crippen molar-refractivity contribution in [1.29, 1.82) is 0 Å². The molecule has 0 aliphatic carbocycles. The van der Waals surface area contributed by atoms with Crippen LogP contribution in [0, 0.1) is 0 Å². The van der Waals surface area contributed by atoms with Crippen molar-refractivity contribution in [1.82, 2.24) is 4.31 Å². The van der Waals surface area contributed by atoms with Crippen molar-refractivity contribution < 1.29 is 37.0 Å². The Bertz CT molecular complexity index is 860. The monoisotopic (exact) mass is 441 g/mol. The van der Waals surface area contributed by atoms with Crippen LogP contribution in [0.25, 0.3) is 6.08 Å². The molecule has 1 heterocycles. The lowest BCUT2D eigenvalue weighted by atomic mass is 10.2. The van der Waals surface area contributed by atoms with E-state index in [9.17, 15) is 18.0 Å². The Hall–Kier alpha value is -2.43. The number of rotatable bonds is 10. The molecule has 10 heteroatoms. The average molecular weight is 442 g/mol. The summed E-state index contributed by atoms with van der Waals surface area (Å²) in [6.07, 6.45) is 4.16. The number of carbonyl (C=O) groups is 2. The van der Waals surface area contributed by atoms with Gasteiger partial charge in [-0.05, 0) is 30.2 Å². The molecule has 0 saturated carbocycles. The maximum atomic E-state index is 13.0. The van der Waals surface area contributed by atoms with E-state index in [2.05, 4.69) is 0 Å². The molecule has 30 heavy (non-hydrogen) atoms. The predicted octanol–water partition coefficient (Wildman–Crippen LogP) is 1.62. The quantitative estimate of drug-likeness (QED) is 0.306. The van der Waals surface area contributed by atoms with Gasteiger partial charge in [-0.2, -0.15) is 4.31 Å². The van der Waals surface area contributed by atoms with Gasteiger partial charge in [0.1, 0.15) is 10.6 Å². The van der Waals surface area contributed by atoms with Crippen molar-refractivity contribution >= 4 is 28.0 Å². The number of sulfonamides is 1. The molecule has 1 aliphatic heterocycles. The van der Waals surface area contributed by atoms with E-state index in [1.807, 2.05) is 6.92 Å². The van der Waals surface area contributed by atoms with Gasteiger partial charge in [0.2, 0.25) is 10.0 Å². The second-order valence-corrected chi connectivity index (χ2v) is 8.35. The molecule has 0 radical (unpaired) electrons. The van der Waals surface area contributed by atoms with Crippen molar-refractivity contribution in [3.05, 3.63) is 29.8 Å². The summed E-state index contributed by atoms with van der Waals surface area (Å²) in [6.45, 7) is 2.94. The van der Waals surface area contributed by atoms with Gasteiger partial charge in [0, 0.05) is 19.2 Å². The van der Waals surface area contributed by atoms with Crippen molar-refractivity contribution in [3.63, 3.8) is 0 Å². The summed E-state index contributed by atoms with van der Waals surface area (Å²) in [7, 11) is -2.39. The topological polar surface area (TPSA) is 108 Å². The largest absolute Gasteiger partial charge is 0.495 e. The molecular formula is C20H27NO8S. The van der Waals surface area contributed by atoms with Crippen molar-refractivity contribution in [2.75, 3.05) is 46.6 Å². The molecular weight excluding hydrogens is 414 g/mol. The Morgan fingerprint density at radius 2 is 1.93 bits per heavy atom. The molecule has 2 rings (SSSR count). The van der Waals surface area contributed by atoms with Gasteiger partial charge in [-0.25, -0.2) is 18.0 Å². The SMILES string of the molecule is CCCCOC(=O)COC(=O)/C=C/c1ccc(OC)c(S(=O)(=O)N2CCOCC2)c1. The summed E-state index contributed by atoms with van der Waals surface area (Å²) < 4.78 is 47.4. The third-order valence-electron chi connectivity index (χ3n) is 4.28. The fourth-order valence-corrected chi connectivity index (χ4v) is 4.24. The zero-order valence-electron chi connectivity index (χ0n) is 17.2. The van der Waals surface area contributed by atoms with E-state index in [4.69, 9.17) is 18.9 Å². The van der Waals surface area contributed by atoms with Crippen LogP contribution in [0.15, 0.2) is 29.2 Å². The summed E-state index contributed by atoms with van der Waals surface area (Å²) >= 11 is 0. The Morgan fingerprint density at radius 1 is 1.20 bits per heavy atom. The molecule has 1 fully saturated rings. The Morgan fingerprint density at radius 3 is 2.60 bits per heavy atom. The first-order chi connectivity index (χ1) is 14.4. The molecule has 0 spiro atoms. The molecule has 0 atom stereocenters. The lowest BCUT2D eigenvalue weighted by Crippen LogP contribution is -2.40. The second kappa shape index (κ2) is 11.7. The molecule has 1 aromatic carbocycles. The van der Waals surface area contributed by atoms with Gasteiger partial charge in [0.05, 0.1) is 26.9 Å².